The van der Waals surface area contributed by atoms with Gasteiger partial charge >= 0.3 is 6.09 Å². The highest BCUT2D eigenvalue weighted by molar-refractivity contribution is 6.03. The highest BCUT2D eigenvalue weighted by atomic mass is 16.6. The number of hydrogen-bond donors (Lipinski definition) is 0. The molecule has 4 aromatic carbocycles. The number of carbonyl (C=O) groups excluding carboxylic acids is 2. The summed E-state index contributed by atoms with van der Waals surface area (Å²) in [5, 5.41) is 0. The normalized spacial score (nSPS) is 16.0. The van der Waals surface area contributed by atoms with Crippen LogP contribution in [0.5, 0.6) is 0 Å². The average molecular weight is 491 g/mol. The highest BCUT2D eigenvalue weighted by Gasteiger charge is 2.42. The number of amides is 2. The van der Waals surface area contributed by atoms with Gasteiger partial charge in [-0.3, -0.25) is 9.69 Å². The van der Waals surface area contributed by atoms with Crippen LogP contribution in [0.1, 0.15) is 27.0 Å². The molecule has 37 heavy (non-hydrogen) atoms. The van der Waals surface area contributed by atoms with Crippen LogP contribution in [0.15, 0.2) is 121 Å². The maximum absolute atomic E-state index is 13.1. The van der Waals surface area contributed by atoms with E-state index in [9.17, 15) is 9.59 Å². The molecule has 2 atom stereocenters. The predicted molar refractivity (Wildman–Crippen MR) is 144 cm³/mol. The number of benzene rings is 4. The van der Waals surface area contributed by atoms with Crippen molar-refractivity contribution in [2.24, 2.45) is 0 Å². The van der Waals surface area contributed by atoms with Crippen molar-refractivity contribution in [3.63, 3.8) is 0 Å². The average Bonchev–Trinajstić information content (AvgIpc) is 3.34. The second-order valence-electron chi connectivity index (χ2n) is 9.34. The minimum absolute atomic E-state index is 0.139. The zero-order chi connectivity index (χ0) is 25.5. The lowest BCUT2D eigenvalue weighted by Crippen LogP contribution is -2.46. The Kier molecular flexibility index (Phi) is 7.72. The second-order valence-corrected chi connectivity index (χ2v) is 9.34. The second kappa shape index (κ2) is 11.7. The van der Waals surface area contributed by atoms with Crippen LogP contribution in [0, 0.1) is 0 Å². The van der Waals surface area contributed by atoms with Gasteiger partial charge in [0.1, 0.15) is 6.10 Å². The summed E-state index contributed by atoms with van der Waals surface area (Å²) in [6, 6.07) is 39.6. The number of ether oxygens (including phenoxy) is 1. The summed E-state index contributed by atoms with van der Waals surface area (Å²) in [6.45, 7) is 1.59. The van der Waals surface area contributed by atoms with Crippen LogP contribution in [0.4, 0.5) is 4.79 Å². The summed E-state index contributed by atoms with van der Waals surface area (Å²) in [4.78, 5) is 29.7. The minimum atomic E-state index is -0.587. The van der Waals surface area contributed by atoms with Crippen LogP contribution in [0.25, 0.3) is 0 Å². The van der Waals surface area contributed by atoms with Crippen molar-refractivity contribution in [1.29, 1.82) is 0 Å². The van der Waals surface area contributed by atoms with Crippen LogP contribution < -0.4 is 0 Å². The Labute approximate surface area is 217 Å². The van der Waals surface area contributed by atoms with Gasteiger partial charge in [-0.2, -0.15) is 0 Å². The van der Waals surface area contributed by atoms with Crippen molar-refractivity contribution in [1.82, 2.24) is 9.80 Å². The molecule has 0 unspecified atom stereocenters. The van der Waals surface area contributed by atoms with Gasteiger partial charge in [-0.05, 0) is 35.2 Å². The minimum Gasteiger partial charge on any atom is -0.442 e. The third kappa shape index (κ3) is 6.13. The van der Waals surface area contributed by atoms with Gasteiger partial charge in [0, 0.05) is 18.7 Å². The van der Waals surface area contributed by atoms with Gasteiger partial charge in [0.15, 0.2) is 0 Å². The Balaban J connectivity index is 1.46. The highest BCUT2D eigenvalue weighted by Crippen LogP contribution is 2.26. The molecule has 1 heterocycles. The molecule has 0 spiro atoms. The van der Waals surface area contributed by atoms with Crippen LogP contribution in [-0.2, 0) is 24.2 Å². The summed E-state index contributed by atoms with van der Waals surface area (Å²) in [5.74, 6) is -0.329. The summed E-state index contributed by atoms with van der Waals surface area (Å²) in [6.07, 6.45) is -0.365. The van der Waals surface area contributed by atoms with E-state index in [1.54, 1.807) is 24.3 Å². The molecule has 5 heteroatoms. The Morgan fingerprint density at radius 1 is 0.730 bits per heavy atom. The largest absolute Gasteiger partial charge is 0.442 e. The van der Waals surface area contributed by atoms with Gasteiger partial charge in [0.05, 0.1) is 12.6 Å². The number of imide groups is 1. The first-order valence-electron chi connectivity index (χ1n) is 12.6. The van der Waals surface area contributed by atoms with E-state index in [0.29, 0.717) is 25.1 Å². The first kappa shape index (κ1) is 24.5. The Bertz CT molecular complexity index is 1260. The fourth-order valence-corrected chi connectivity index (χ4v) is 4.87. The fraction of sp³-hybridized carbons (Fsp3) is 0.188. The molecular weight excluding hydrogens is 460 g/mol. The quantitative estimate of drug-likeness (QED) is 0.290. The third-order valence-electron chi connectivity index (χ3n) is 6.74. The molecule has 1 saturated heterocycles. The number of hydrogen-bond acceptors (Lipinski definition) is 4. The van der Waals surface area contributed by atoms with Crippen LogP contribution in [-0.4, -0.2) is 40.5 Å². The molecule has 2 amide bonds. The topological polar surface area (TPSA) is 49.9 Å². The smallest absolute Gasteiger partial charge is 0.417 e. The number of rotatable bonds is 9. The van der Waals surface area contributed by atoms with E-state index in [2.05, 4.69) is 41.3 Å². The molecule has 0 saturated carbocycles. The van der Waals surface area contributed by atoms with Crippen molar-refractivity contribution in [2.45, 2.75) is 31.7 Å². The van der Waals surface area contributed by atoms with Crippen LogP contribution in [0.2, 0.25) is 0 Å². The molecule has 1 aliphatic rings. The van der Waals surface area contributed by atoms with Gasteiger partial charge in [-0.1, -0.05) is 109 Å². The maximum atomic E-state index is 13.1. The molecule has 1 fully saturated rings. The van der Waals surface area contributed by atoms with Crippen molar-refractivity contribution in [3.8, 4) is 0 Å². The molecule has 4 aromatic rings. The van der Waals surface area contributed by atoms with Crippen molar-refractivity contribution >= 4 is 12.0 Å². The molecule has 5 nitrogen and oxygen atoms in total. The van der Waals surface area contributed by atoms with Gasteiger partial charge in [-0.15, -0.1) is 0 Å². The van der Waals surface area contributed by atoms with Crippen LogP contribution >= 0.6 is 0 Å². The lowest BCUT2D eigenvalue weighted by Gasteiger charge is -2.35. The van der Waals surface area contributed by atoms with E-state index < -0.39 is 12.2 Å². The molecule has 0 radical (unpaired) electrons. The van der Waals surface area contributed by atoms with Gasteiger partial charge in [-0.25, -0.2) is 9.69 Å². The van der Waals surface area contributed by atoms with Gasteiger partial charge in [0.2, 0.25) is 0 Å². The van der Waals surface area contributed by atoms with Crippen LogP contribution in [0.3, 0.4) is 0 Å². The van der Waals surface area contributed by atoms with E-state index >= 15 is 0 Å². The summed E-state index contributed by atoms with van der Waals surface area (Å²) >= 11 is 0. The van der Waals surface area contributed by atoms with E-state index in [0.717, 1.165) is 5.56 Å². The lowest BCUT2D eigenvalue weighted by atomic mass is 9.97. The van der Waals surface area contributed by atoms with Crippen molar-refractivity contribution < 1.29 is 14.3 Å². The van der Waals surface area contributed by atoms with E-state index in [4.69, 9.17) is 4.74 Å². The first-order valence-corrected chi connectivity index (χ1v) is 12.6. The van der Waals surface area contributed by atoms with Crippen molar-refractivity contribution in [2.75, 3.05) is 6.54 Å². The van der Waals surface area contributed by atoms with Crippen molar-refractivity contribution in [3.05, 3.63) is 144 Å². The SMILES string of the molecule is O=C1O[C@@H]([C@H](Cc2ccccc2)N(Cc2ccccc2)Cc2ccccc2)CN1C(=O)c1ccccc1. The third-order valence-corrected chi connectivity index (χ3v) is 6.74. The zero-order valence-electron chi connectivity index (χ0n) is 20.6. The first-order chi connectivity index (χ1) is 18.2. The molecular formula is C32H30N2O3. The number of cyclic esters (lactones) is 1. The summed E-state index contributed by atoms with van der Waals surface area (Å²) in [7, 11) is 0. The van der Waals surface area contributed by atoms with E-state index in [-0.39, 0.29) is 18.5 Å². The molecule has 5 rings (SSSR count). The zero-order valence-corrected chi connectivity index (χ0v) is 20.6. The number of carbonyl (C=O) groups is 2. The number of nitrogens with zero attached hydrogens (tertiary/aromatic N) is 2. The summed E-state index contributed by atoms with van der Waals surface area (Å²) in [5.41, 5.74) is 3.99. The Morgan fingerprint density at radius 3 is 1.70 bits per heavy atom. The van der Waals surface area contributed by atoms with E-state index in [1.165, 1.54) is 16.0 Å². The molecule has 0 aliphatic carbocycles. The molecule has 186 valence electrons. The molecule has 0 aromatic heterocycles. The molecule has 0 bridgehead atoms. The van der Waals surface area contributed by atoms with Gasteiger partial charge < -0.3 is 4.74 Å². The Hall–Kier alpha value is -4.22. The Morgan fingerprint density at radius 2 is 1.19 bits per heavy atom. The standard InChI is InChI=1S/C32H30N2O3/c35-31(28-19-11-4-12-20-28)34-24-30(37-32(34)36)29(21-25-13-5-1-6-14-25)33(22-26-15-7-2-8-16-26)23-27-17-9-3-10-18-27/h1-20,29-30H,21-24H2/t29-,30+/m0/s1. The molecule has 0 N–H and O–H groups in total. The van der Waals surface area contributed by atoms with E-state index in [1.807, 2.05) is 60.7 Å². The monoisotopic (exact) mass is 490 g/mol. The maximum Gasteiger partial charge on any atom is 0.417 e. The molecule has 1 aliphatic heterocycles. The van der Waals surface area contributed by atoms with Gasteiger partial charge in [0.25, 0.3) is 5.91 Å². The fourth-order valence-electron chi connectivity index (χ4n) is 4.87. The predicted octanol–water partition coefficient (Wildman–Crippen LogP) is 5.96. The lowest BCUT2D eigenvalue weighted by molar-refractivity contribution is 0.0497. The summed E-state index contributed by atoms with van der Waals surface area (Å²) < 4.78 is 5.93.